The monoisotopic (exact) mass is 276 g/mol. The molecule has 2 aliphatic heterocycles. The topological polar surface area (TPSA) is 23.6 Å². The molecule has 1 amide bonds. The van der Waals surface area contributed by atoms with Gasteiger partial charge in [0.1, 0.15) is 5.82 Å². The van der Waals surface area contributed by atoms with Crippen molar-refractivity contribution in [3.05, 3.63) is 35.1 Å². The third kappa shape index (κ3) is 2.57. The van der Waals surface area contributed by atoms with Gasteiger partial charge in [0, 0.05) is 25.7 Å². The summed E-state index contributed by atoms with van der Waals surface area (Å²) in [5.74, 6) is -0.562. The fraction of sp³-hybridized carbons (Fsp3) is 0.562. The van der Waals surface area contributed by atoms with Gasteiger partial charge in [0.2, 0.25) is 0 Å². The van der Waals surface area contributed by atoms with Gasteiger partial charge in [0.15, 0.2) is 0 Å². The highest BCUT2D eigenvalue weighted by Crippen LogP contribution is 2.23. The Bertz CT molecular complexity index is 517. The van der Waals surface area contributed by atoms with Crippen LogP contribution >= 0.6 is 0 Å². The third-order valence-electron chi connectivity index (χ3n) is 4.44. The molecular weight excluding hydrogens is 255 g/mol. The molecule has 0 aliphatic carbocycles. The Labute approximate surface area is 119 Å². The van der Waals surface area contributed by atoms with Crippen LogP contribution in [0.4, 0.5) is 4.39 Å². The summed E-state index contributed by atoms with van der Waals surface area (Å²) in [4.78, 5) is 16.9. The van der Waals surface area contributed by atoms with Gasteiger partial charge < -0.3 is 4.90 Å². The average Bonchev–Trinajstić information content (AvgIpc) is 2.78. The average molecular weight is 276 g/mol. The van der Waals surface area contributed by atoms with Crippen LogP contribution < -0.4 is 0 Å². The lowest BCUT2D eigenvalue weighted by Crippen LogP contribution is -2.40. The van der Waals surface area contributed by atoms with Gasteiger partial charge in [-0.05, 0) is 44.9 Å². The van der Waals surface area contributed by atoms with Gasteiger partial charge in [-0.2, -0.15) is 0 Å². The maximum absolute atomic E-state index is 13.9. The minimum absolute atomic E-state index is 0.153. The highest BCUT2D eigenvalue weighted by Gasteiger charge is 2.31. The minimum Gasteiger partial charge on any atom is -0.337 e. The van der Waals surface area contributed by atoms with Gasteiger partial charge in [0.25, 0.3) is 5.91 Å². The molecule has 2 fully saturated rings. The van der Waals surface area contributed by atoms with Gasteiger partial charge in [-0.15, -0.1) is 0 Å². The van der Waals surface area contributed by atoms with Crippen LogP contribution in [0.3, 0.4) is 0 Å². The summed E-state index contributed by atoms with van der Waals surface area (Å²) in [6.07, 6.45) is 3.35. The molecule has 0 aromatic heterocycles. The quantitative estimate of drug-likeness (QED) is 0.786. The highest BCUT2D eigenvalue weighted by molar-refractivity contribution is 5.94. The number of halogens is 1. The first-order valence-corrected chi connectivity index (χ1v) is 7.44. The number of rotatable bonds is 1. The van der Waals surface area contributed by atoms with Crippen molar-refractivity contribution in [2.75, 3.05) is 26.2 Å². The number of fused-ring (bicyclic) bond motifs is 1. The molecule has 2 saturated heterocycles. The van der Waals surface area contributed by atoms with E-state index >= 15 is 0 Å². The number of benzene rings is 1. The molecule has 0 spiro atoms. The van der Waals surface area contributed by atoms with Crippen LogP contribution in [-0.4, -0.2) is 47.9 Å². The molecule has 1 aromatic rings. The molecule has 1 atom stereocenters. The Balaban J connectivity index is 1.80. The molecular formula is C16H21FN2O. The Kier molecular flexibility index (Phi) is 3.74. The molecule has 1 aromatic carbocycles. The lowest BCUT2D eigenvalue weighted by atomic mass is 10.1. The van der Waals surface area contributed by atoms with Crippen LogP contribution in [0.5, 0.6) is 0 Å². The number of carbonyl (C=O) groups is 1. The normalized spacial score (nSPS) is 23.5. The van der Waals surface area contributed by atoms with Gasteiger partial charge in [-0.1, -0.05) is 11.6 Å². The van der Waals surface area contributed by atoms with E-state index in [9.17, 15) is 9.18 Å². The molecule has 3 nitrogen and oxygen atoms in total. The lowest BCUT2D eigenvalue weighted by Gasteiger charge is -2.26. The van der Waals surface area contributed by atoms with Gasteiger partial charge in [-0.25, -0.2) is 4.39 Å². The van der Waals surface area contributed by atoms with Gasteiger partial charge in [-0.3, -0.25) is 9.69 Å². The third-order valence-corrected chi connectivity index (χ3v) is 4.44. The molecule has 0 saturated carbocycles. The minimum atomic E-state index is -0.409. The number of amides is 1. The van der Waals surface area contributed by atoms with Gasteiger partial charge >= 0.3 is 0 Å². The zero-order chi connectivity index (χ0) is 14.1. The van der Waals surface area contributed by atoms with Crippen molar-refractivity contribution in [2.45, 2.75) is 32.2 Å². The molecule has 0 bridgehead atoms. The molecule has 2 heterocycles. The van der Waals surface area contributed by atoms with Gasteiger partial charge in [0.05, 0.1) is 5.56 Å². The summed E-state index contributed by atoms with van der Waals surface area (Å²) in [6.45, 7) is 5.57. The zero-order valence-electron chi connectivity index (χ0n) is 11.9. The maximum atomic E-state index is 13.9. The Morgan fingerprint density at radius 1 is 1.25 bits per heavy atom. The lowest BCUT2D eigenvalue weighted by molar-refractivity contribution is 0.0738. The van der Waals surface area contributed by atoms with E-state index in [1.54, 1.807) is 12.1 Å². The van der Waals surface area contributed by atoms with Crippen LogP contribution in [-0.2, 0) is 0 Å². The van der Waals surface area contributed by atoms with Crippen molar-refractivity contribution in [1.82, 2.24) is 9.80 Å². The van der Waals surface area contributed by atoms with E-state index in [4.69, 9.17) is 0 Å². The summed E-state index contributed by atoms with van der Waals surface area (Å²) in [6, 6.07) is 5.22. The van der Waals surface area contributed by atoms with Crippen molar-refractivity contribution in [3.8, 4) is 0 Å². The molecule has 4 heteroatoms. The van der Waals surface area contributed by atoms with E-state index < -0.39 is 5.82 Å². The molecule has 0 N–H and O–H groups in total. The van der Waals surface area contributed by atoms with E-state index in [-0.39, 0.29) is 11.5 Å². The maximum Gasteiger partial charge on any atom is 0.256 e. The summed E-state index contributed by atoms with van der Waals surface area (Å²) < 4.78 is 13.9. The number of nitrogens with zero attached hydrogens (tertiary/aromatic N) is 2. The van der Waals surface area contributed by atoms with Crippen LogP contribution in [0.1, 0.15) is 35.2 Å². The van der Waals surface area contributed by atoms with E-state index in [2.05, 4.69) is 4.90 Å². The van der Waals surface area contributed by atoms with Crippen LogP contribution in [0, 0.1) is 12.7 Å². The first kappa shape index (κ1) is 13.6. The first-order valence-electron chi connectivity index (χ1n) is 7.44. The predicted octanol–water partition coefficient (Wildman–Crippen LogP) is 2.44. The van der Waals surface area contributed by atoms with Crippen molar-refractivity contribution >= 4 is 5.91 Å². The fourth-order valence-electron chi connectivity index (χ4n) is 3.36. The predicted molar refractivity (Wildman–Crippen MR) is 76.3 cm³/mol. The SMILES string of the molecule is Cc1ccc(F)c(C(=O)N2CCCN3CCCC3C2)c1. The second-order valence-corrected chi connectivity index (χ2v) is 5.92. The summed E-state index contributed by atoms with van der Waals surface area (Å²) in [7, 11) is 0. The summed E-state index contributed by atoms with van der Waals surface area (Å²) in [5.41, 5.74) is 1.14. The largest absolute Gasteiger partial charge is 0.337 e. The number of hydrogen-bond donors (Lipinski definition) is 0. The van der Waals surface area contributed by atoms with Crippen molar-refractivity contribution in [2.24, 2.45) is 0 Å². The van der Waals surface area contributed by atoms with E-state index in [0.29, 0.717) is 6.04 Å². The molecule has 20 heavy (non-hydrogen) atoms. The van der Waals surface area contributed by atoms with Crippen molar-refractivity contribution < 1.29 is 9.18 Å². The Morgan fingerprint density at radius 2 is 2.05 bits per heavy atom. The molecule has 108 valence electrons. The highest BCUT2D eigenvalue weighted by atomic mass is 19.1. The molecule has 3 rings (SSSR count). The van der Waals surface area contributed by atoms with E-state index in [1.807, 2.05) is 11.8 Å². The smallest absolute Gasteiger partial charge is 0.256 e. The first-order chi connectivity index (χ1) is 9.65. The standard InChI is InChI=1S/C16H21FN2O/c1-12-5-6-15(17)14(10-12)16(20)19-9-3-8-18-7-2-4-13(18)11-19/h5-6,10,13H,2-4,7-9,11H2,1H3. The van der Waals surface area contributed by atoms with Crippen LogP contribution in [0.15, 0.2) is 18.2 Å². The Hall–Kier alpha value is -1.42. The fourth-order valence-corrected chi connectivity index (χ4v) is 3.36. The molecule has 2 aliphatic rings. The summed E-state index contributed by atoms with van der Waals surface area (Å²) >= 11 is 0. The van der Waals surface area contributed by atoms with Crippen LogP contribution in [0.2, 0.25) is 0 Å². The number of carbonyl (C=O) groups excluding carboxylic acids is 1. The molecule has 0 radical (unpaired) electrons. The van der Waals surface area contributed by atoms with Crippen molar-refractivity contribution in [1.29, 1.82) is 0 Å². The number of hydrogen-bond acceptors (Lipinski definition) is 2. The number of aryl methyl sites for hydroxylation is 1. The van der Waals surface area contributed by atoms with E-state index in [1.165, 1.54) is 12.5 Å². The van der Waals surface area contributed by atoms with Crippen LogP contribution in [0.25, 0.3) is 0 Å². The van der Waals surface area contributed by atoms with Crippen molar-refractivity contribution in [3.63, 3.8) is 0 Å². The second-order valence-electron chi connectivity index (χ2n) is 5.92. The zero-order valence-corrected chi connectivity index (χ0v) is 11.9. The summed E-state index contributed by atoms with van der Waals surface area (Å²) in [5, 5.41) is 0. The Morgan fingerprint density at radius 3 is 2.90 bits per heavy atom. The van der Waals surface area contributed by atoms with E-state index in [0.717, 1.165) is 44.6 Å². The second kappa shape index (κ2) is 5.52. The molecule has 1 unspecified atom stereocenters.